The first-order chi connectivity index (χ1) is 11.2. The second-order valence-electron chi connectivity index (χ2n) is 6.11. The third-order valence-electron chi connectivity index (χ3n) is 4.29. The Labute approximate surface area is 137 Å². The summed E-state index contributed by atoms with van der Waals surface area (Å²) >= 11 is 0. The summed E-state index contributed by atoms with van der Waals surface area (Å²) in [6, 6.07) is 14.0. The largest absolute Gasteiger partial charge is 0.492 e. The molecule has 0 aliphatic heterocycles. The lowest BCUT2D eigenvalue weighted by Crippen LogP contribution is -2.28. The van der Waals surface area contributed by atoms with Gasteiger partial charge in [-0.05, 0) is 68.0 Å². The van der Waals surface area contributed by atoms with E-state index in [1.807, 2.05) is 43.3 Å². The van der Waals surface area contributed by atoms with Crippen molar-refractivity contribution in [3.8, 4) is 5.75 Å². The lowest BCUT2D eigenvalue weighted by atomic mass is 9.90. The second-order valence-corrected chi connectivity index (χ2v) is 6.11. The van der Waals surface area contributed by atoms with Crippen LogP contribution in [-0.4, -0.2) is 19.1 Å². The Morgan fingerprint density at radius 3 is 2.57 bits per heavy atom. The maximum atomic E-state index is 12.2. The molecule has 0 heterocycles. The molecule has 1 N–H and O–H groups in total. The van der Waals surface area contributed by atoms with Gasteiger partial charge in [0, 0.05) is 5.56 Å². The fourth-order valence-electron chi connectivity index (χ4n) is 2.94. The Morgan fingerprint density at radius 1 is 1.04 bits per heavy atom. The number of ether oxygens (including phenoxy) is 1. The van der Waals surface area contributed by atoms with Gasteiger partial charge in [0.25, 0.3) is 5.91 Å². The molecule has 0 spiro atoms. The maximum absolute atomic E-state index is 12.2. The van der Waals surface area contributed by atoms with Gasteiger partial charge in [0.1, 0.15) is 12.4 Å². The molecule has 0 bridgehead atoms. The van der Waals surface area contributed by atoms with Gasteiger partial charge in [-0.25, -0.2) is 0 Å². The van der Waals surface area contributed by atoms with Crippen molar-refractivity contribution in [1.82, 2.24) is 5.32 Å². The van der Waals surface area contributed by atoms with Gasteiger partial charge in [-0.15, -0.1) is 0 Å². The number of hydrogen-bond donors (Lipinski definition) is 1. The summed E-state index contributed by atoms with van der Waals surface area (Å²) < 4.78 is 5.62. The number of aryl methyl sites for hydroxylation is 3. The van der Waals surface area contributed by atoms with Gasteiger partial charge < -0.3 is 10.1 Å². The number of hydrogen-bond acceptors (Lipinski definition) is 2. The van der Waals surface area contributed by atoms with E-state index >= 15 is 0 Å². The third-order valence-corrected chi connectivity index (χ3v) is 4.29. The van der Waals surface area contributed by atoms with E-state index in [0.717, 1.165) is 24.2 Å². The number of carbonyl (C=O) groups is 1. The summed E-state index contributed by atoms with van der Waals surface area (Å²) in [7, 11) is 0. The smallest absolute Gasteiger partial charge is 0.251 e. The fraction of sp³-hybridized carbons (Fsp3) is 0.350. The van der Waals surface area contributed by atoms with Gasteiger partial charge in [0.05, 0.1) is 6.54 Å². The third kappa shape index (κ3) is 4.13. The van der Waals surface area contributed by atoms with Crippen molar-refractivity contribution < 1.29 is 9.53 Å². The van der Waals surface area contributed by atoms with Gasteiger partial charge in [-0.2, -0.15) is 0 Å². The molecule has 120 valence electrons. The SMILES string of the molecule is Cc1ccc(OCCNC(=O)c2ccc3c(c2)CCCC3)cc1. The Hall–Kier alpha value is -2.29. The highest BCUT2D eigenvalue weighted by Gasteiger charge is 2.12. The molecule has 0 fully saturated rings. The molecule has 1 aliphatic carbocycles. The molecular formula is C20H23NO2. The monoisotopic (exact) mass is 309 g/mol. The quantitative estimate of drug-likeness (QED) is 0.856. The van der Waals surface area contributed by atoms with Crippen LogP contribution in [-0.2, 0) is 12.8 Å². The van der Waals surface area contributed by atoms with Crippen LogP contribution in [0.15, 0.2) is 42.5 Å². The van der Waals surface area contributed by atoms with Crippen molar-refractivity contribution in [3.63, 3.8) is 0 Å². The van der Waals surface area contributed by atoms with Crippen LogP contribution >= 0.6 is 0 Å². The summed E-state index contributed by atoms with van der Waals surface area (Å²) in [5, 5.41) is 2.92. The minimum atomic E-state index is -0.0223. The molecular weight excluding hydrogens is 286 g/mol. The molecule has 2 aromatic carbocycles. The average Bonchev–Trinajstić information content (AvgIpc) is 2.59. The highest BCUT2D eigenvalue weighted by Crippen LogP contribution is 2.22. The van der Waals surface area contributed by atoms with Crippen molar-refractivity contribution in [1.29, 1.82) is 0 Å². The number of rotatable bonds is 5. The molecule has 3 rings (SSSR count). The molecule has 0 unspecified atom stereocenters. The molecule has 0 atom stereocenters. The highest BCUT2D eigenvalue weighted by atomic mass is 16.5. The predicted molar refractivity (Wildman–Crippen MR) is 92.1 cm³/mol. The first-order valence-electron chi connectivity index (χ1n) is 8.32. The normalized spacial score (nSPS) is 13.3. The number of carbonyl (C=O) groups excluding carboxylic acids is 1. The van der Waals surface area contributed by atoms with Gasteiger partial charge in [0.15, 0.2) is 0 Å². The first kappa shape index (κ1) is 15.6. The highest BCUT2D eigenvalue weighted by molar-refractivity contribution is 5.94. The molecule has 3 nitrogen and oxygen atoms in total. The summed E-state index contributed by atoms with van der Waals surface area (Å²) in [5.41, 5.74) is 4.69. The van der Waals surface area contributed by atoms with Crippen molar-refractivity contribution in [2.45, 2.75) is 32.6 Å². The molecule has 0 aromatic heterocycles. The minimum Gasteiger partial charge on any atom is -0.492 e. The zero-order valence-corrected chi connectivity index (χ0v) is 13.6. The van der Waals surface area contributed by atoms with Crippen LogP contribution in [0.5, 0.6) is 5.75 Å². The number of fused-ring (bicyclic) bond motifs is 1. The molecule has 1 aliphatic rings. The van der Waals surface area contributed by atoms with Crippen LogP contribution in [0.3, 0.4) is 0 Å². The zero-order valence-electron chi connectivity index (χ0n) is 13.6. The Kier molecular flexibility index (Phi) is 4.96. The van der Waals surface area contributed by atoms with Crippen LogP contribution in [0, 0.1) is 6.92 Å². The van der Waals surface area contributed by atoms with Crippen molar-refractivity contribution in [3.05, 3.63) is 64.7 Å². The summed E-state index contributed by atoms with van der Waals surface area (Å²) in [5.74, 6) is 0.810. The van der Waals surface area contributed by atoms with Crippen molar-refractivity contribution >= 4 is 5.91 Å². The Morgan fingerprint density at radius 2 is 1.78 bits per heavy atom. The maximum Gasteiger partial charge on any atom is 0.251 e. The summed E-state index contributed by atoms with van der Waals surface area (Å²) in [4.78, 5) is 12.2. The average molecular weight is 309 g/mol. The topological polar surface area (TPSA) is 38.3 Å². The Balaban J connectivity index is 1.48. The van der Waals surface area contributed by atoms with E-state index in [2.05, 4.69) is 11.4 Å². The number of amides is 1. The number of benzene rings is 2. The van der Waals surface area contributed by atoms with Crippen molar-refractivity contribution in [2.75, 3.05) is 13.2 Å². The molecule has 0 saturated heterocycles. The standard InChI is InChI=1S/C20H23NO2/c1-15-6-10-19(11-7-15)23-13-12-21-20(22)18-9-8-16-4-2-3-5-17(16)14-18/h6-11,14H,2-5,12-13H2,1H3,(H,21,22). The molecule has 0 saturated carbocycles. The molecule has 1 amide bonds. The lowest BCUT2D eigenvalue weighted by molar-refractivity contribution is 0.0947. The van der Waals surface area contributed by atoms with Crippen LogP contribution in [0.1, 0.15) is 39.9 Å². The molecule has 0 radical (unpaired) electrons. The molecule has 3 heteroatoms. The van der Waals surface area contributed by atoms with Crippen molar-refractivity contribution in [2.24, 2.45) is 0 Å². The predicted octanol–water partition coefficient (Wildman–Crippen LogP) is 3.68. The van der Waals surface area contributed by atoms with E-state index in [0.29, 0.717) is 13.2 Å². The molecule has 2 aromatic rings. The first-order valence-corrected chi connectivity index (χ1v) is 8.32. The fourth-order valence-corrected chi connectivity index (χ4v) is 2.94. The zero-order chi connectivity index (χ0) is 16.1. The van der Waals surface area contributed by atoms with E-state index in [9.17, 15) is 4.79 Å². The van der Waals surface area contributed by atoms with Gasteiger partial charge >= 0.3 is 0 Å². The second kappa shape index (κ2) is 7.32. The van der Waals surface area contributed by atoms with Crippen LogP contribution in [0.25, 0.3) is 0 Å². The summed E-state index contributed by atoms with van der Waals surface area (Å²) in [6.07, 6.45) is 4.71. The summed E-state index contributed by atoms with van der Waals surface area (Å²) in [6.45, 7) is 3.02. The number of nitrogens with one attached hydrogen (secondary N) is 1. The van der Waals surface area contributed by atoms with E-state index in [1.54, 1.807) is 0 Å². The van der Waals surface area contributed by atoms with Gasteiger partial charge in [0.2, 0.25) is 0 Å². The molecule has 23 heavy (non-hydrogen) atoms. The van der Waals surface area contributed by atoms with E-state index < -0.39 is 0 Å². The minimum absolute atomic E-state index is 0.0223. The van der Waals surface area contributed by atoms with Crippen LogP contribution in [0.2, 0.25) is 0 Å². The van der Waals surface area contributed by atoms with E-state index in [4.69, 9.17) is 4.74 Å². The van der Waals surface area contributed by atoms with E-state index in [-0.39, 0.29) is 5.91 Å². The van der Waals surface area contributed by atoms with Crippen LogP contribution < -0.4 is 10.1 Å². The van der Waals surface area contributed by atoms with Gasteiger partial charge in [-0.3, -0.25) is 4.79 Å². The lowest BCUT2D eigenvalue weighted by Gasteiger charge is -2.16. The van der Waals surface area contributed by atoms with Gasteiger partial charge in [-0.1, -0.05) is 23.8 Å². The van der Waals surface area contributed by atoms with E-state index in [1.165, 1.54) is 29.5 Å². The van der Waals surface area contributed by atoms with Crippen LogP contribution in [0.4, 0.5) is 0 Å². The Bertz CT molecular complexity index is 677.